The Hall–Kier alpha value is -2.56. The first-order chi connectivity index (χ1) is 14.8. The molecule has 10 heteroatoms. The van der Waals surface area contributed by atoms with Crippen LogP contribution in [0.25, 0.3) is 0 Å². The normalized spacial score (nSPS) is 14.0. The molecule has 0 aromatic heterocycles. The molecule has 0 fully saturated rings. The summed E-state index contributed by atoms with van der Waals surface area (Å²) in [7, 11) is -5.30. The molecule has 3 N–H and O–H groups in total. The Labute approximate surface area is 190 Å². The summed E-state index contributed by atoms with van der Waals surface area (Å²) >= 11 is 0. The van der Waals surface area contributed by atoms with Gasteiger partial charge >= 0.3 is 6.03 Å². The summed E-state index contributed by atoms with van der Waals surface area (Å²) in [5, 5.41) is 8.61. The Balaban J connectivity index is 2.49. The van der Waals surface area contributed by atoms with Crippen LogP contribution in [-0.4, -0.2) is 38.2 Å². The van der Waals surface area contributed by atoms with Crippen molar-refractivity contribution in [1.82, 2.24) is 0 Å². The van der Waals surface area contributed by atoms with E-state index in [1.807, 2.05) is 39.8 Å². The first-order valence-electron chi connectivity index (χ1n) is 10.0. The van der Waals surface area contributed by atoms with Crippen molar-refractivity contribution >= 4 is 37.7 Å². The van der Waals surface area contributed by atoms with Gasteiger partial charge in [-0.3, -0.25) is 4.99 Å². The van der Waals surface area contributed by atoms with Crippen molar-refractivity contribution in [2.75, 3.05) is 18.6 Å². The molecule has 2 amide bonds. The van der Waals surface area contributed by atoms with Crippen LogP contribution in [0.4, 0.5) is 10.5 Å². The summed E-state index contributed by atoms with van der Waals surface area (Å²) in [6.45, 7) is 8.03. The fraction of sp³-hybridized carbons (Fsp3) is 0.364. The molecule has 0 radical (unpaired) electrons. The van der Waals surface area contributed by atoms with Crippen LogP contribution in [0, 0.1) is 0 Å². The maximum atomic E-state index is 12.9. The lowest BCUT2D eigenvalue weighted by atomic mass is 9.90. The molecule has 2 aromatic carbocycles. The average molecular weight is 479 g/mol. The highest BCUT2D eigenvalue weighted by atomic mass is 32.2. The van der Waals surface area contributed by atoms with Crippen molar-refractivity contribution in [3.63, 3.8) is 0 Å². The molecule has 0 aliphatic carbocycles. The summed E-state index contributed by atoms with van der Waals surface area (Å²) < 4.78 is 39.8. The van der Waals surface area contributed by atoms with E-state index in [0.29, 0.717) is 5.69 Å². The second-order valence-corrected chi connectivity index (χ2v) is 11.9. The van der Waals surface area contributed by atoms with Crippen molar-refractivity contribution in [2.24, 2.45) is 14.5 Å². The highest BCUT2D eigenvalue weighted by molar-refractivity contribution is 7.92. The zero-order chi connectivity index (χ0) is 24.3. The van der Waals surface area contributed by atoms with Crippen molar-refractivity contribution in [3.8, 4) is 0 Å². The van der Waals surface area contributed by atoms with E-state index in [4.69, 9.17) is 5.14 Å². The van der Waals surface area contributed by atoms with Gasteiger partial charge in [0.1, 0.15) is 9.92 Å². The number of hydrogen-bond acceptors (Lipinski definition) is 5. The molecule has 0 bridgehead atoms. The van der Waals surface area contributed by atoms with Gasteiger partial charge in [-0.1, -0.05) is 27.7 Å². The minimum Gasteiger partial charge on any atom is -0.305 e. The van der Waals surface area contributed by atoms with Gasteiger partial charge < -0.3 is 5.32 Å². The smallest absolute Gasteiger partial charge is 0.305 e. The number of aliphatic imine (C=N–C) groups is 1. The van der Waals surface area contributed by atoms with Crippen molar-refractivity contribution in [2.45, 2.75) is 49.3 Å². The van der Waals surface area contributed by atoms with Gasteiger partial charge in [-0.2, -0.15) is 0 Å². The zero-order valence-electron chi connectivity index (χ0n) is 19.1. The number of urea groups is 1. The van der Waals surface area contributed by atoms with Crippen LogP contribution in [0.3, 0.4) is 0 Å². The largest absolute Gasteiger partial charge is 0.354 e. The Kier molecular flexibility index (Phi) is 7.97. The molecule has 8 nitrogen and oxygen atoms in total. The zero-order valence-corrected chi connectivity index (χ0v) is 20.8. The van der Waals surface area contributed by atoms with Gasteiger partial charge in [-0.05, 0) is 64.9 Å². The van der Waals surface area contributed by atoms with Crippen molar-refractivity contribution in [3.05, 3.63) is 53.1 Å². The minimum atomic E-state index is -3.58. The monoisotopic (exact) mass is 478 g/mol. The van der Waals surface area contributed by atoms with Crippen LogP contribution in [0.5, 0.6) is 0 Å². The van der Waals surface area contributed by atoms with Gasteiger partial charge in [0.2, 0.25) is 0 Å². The first kappa shape index (κ1) is 25.7. The standard InChI is InChI=1S/C22H30N4O4S2/c1-14(2)19-11-16(13-24-5)12-20(15(3)4)21(19)25-22(27)26-32(23,30)18-9-7-17(8-10-18)31(6,28)29/h7-15H,1-6H3,(H3,23,25,26,27,30). The van der Waals surface area contributed by atoms with Gasteiger partial charge in [-0.25, -0.2) is 22.6 Å². The van der Waals surface area contributed by atoms with Crippen molar-refractivity contribution < 1.29 is 17.4 Å². The quantitative estimate of drug-likeness (QED) is 0.599. The van der Waals surface area contributed by atoms with E-state index >= 15 is 0 Å². The van der Waals surface area contributed by atoms with Crippen molar-refractivity contribution in [1.29, 1.82) is 0 Å². The van der Waals surface area contributed by atoms with Crippen LogP contribution in [0.15, 0.2) is 55.5 Å². The van der Waals surface area contributed by atoms with Gasteiger partial charge in [0.05, 0.1) is 9.79 Å². The molecule has 2 aromatic rings. The molecule has 2 rings (SSSR count). The lowest BCUT2D eigenvalue weighted by Crippen LogP contribution is -2.19. The lowest BCUT2D eigenvalue weighted by molar-refractivity contribution is 0.260. The molecule has 32 heavy (non-hydrogen) atoms. The molecule has 0 spiro atoms. The second kappa shape index (κ2) is 9.93. The van der Waals surface area contributed by atoms with E-state index in [1.54, 1.807) is 13.3 Å². The third-order valence-corrected chi connectivity index (χ3v) is 7.30. The molecule has 1 atom stereocenters. The van der Waals surface area contributed by atoms with E-state index < -0.39 is 25.8 Å². The maximum Gasteiger partial charge on any atom is 0.354 e. The topological polar surface area (TPSA) is 131 Å². The molecule has 174 valence electrons. The number of carbonyl (C=O) groups is 1. The van der Waals surface area contributed by atoms with E-state index in [-0.39, 0.29) is 21.6 Å². The van der Waals surface area contributed by atoms with E-state index in [1.165, 1.54) is 24.3 Å². The number of anilines is 1. The molecule has 0 aliphatic heterocycles. The predicted octanol–water partition coefficient (Wildman–Crippen LogP) is 4.32. The minimum absolute atomic E-state index is 0.0553. The summed E-state index contributed by atoms with van der Waals surface area (Å²) in [4.78, 5) is 16.9. The molecule has 0 saturated carbocycles. The number of amides is 2. The lowest BCUT2D eigenvalue weighted by Gasteiger charge is -2.20. The average Bonchev–Trinajstić information content (AvgIpc) is 2.67. The second-order valence-electron chi connectivity index (χ2n) is 8.10. The Bertz CT molecular complexity index is 1230. The number of hydrogen-bond donors (Lipinski definition) is 2. The van der Waals surface area contributed by atoms with Crippen LogP contribution in [0.1, 0.15) is 56.2 Å². The molecule has 0 aliphatic rings. The summed E-state index contributed by atoms with van der Waals surface area (Å²) in [6, 6.07) is 8.22. The number of nitrogens with two attached hydrogens (primary N) is 1. The van der Waals surface area contributed by atoms with E-state index in [0.717, 1.165) is 22.9 Å². The molecule has 0 saturated heterocycles. The number of rotatable bonds is 6. The van der Waals surface area contributed by atoms with Gasteiger partial charge in [0.25, 0.3) is 0 Å². The number of benzene rings is 2. The van der Waals surface area contributed by atoms with E-state index in [9.17, 15) is 17.4 Å². The number of carbonyl (C=O) groups excluding carboxylic acids is 1. The van der Waals surface area contributed by atoms with Crippen LogP contribution in [0.2, 0.25) is 0 Å². The molecular weight excluding hydrogens is 448 g/mol. The number of sulfone groups is 1. The SMILES string of the molecule is CN=Cc1cc(C(C)C)c(NC(=O)N=S(N)(=O)c2ccc(S(C)(=O)=O)cc2)c(C(C)C)c1. The number of nitrogens with one attached hydrogen (secondary N) is 1. The summed E-state index contributed by atoms with van der Waals surface area (Å²) in [5.74, 6) is 0.192. The van der Waals surface area contributed by atoms with Crippen LogP contribution < -0.4 is 10.5 Å². The fourth-order valence-electron chi connectivity index (χ4n) is 3.18. The molecule has 0 heterocycles. The Morgan fingerprint density at radius 3 is 1.84 bits per heavy atom. The highest BCUT2D eigenvalue weighted by Gasteiger charge is 2.19. The number of nitrogens with zero attached hydrogens (tertiary/aromatic N) is 2. The summed E-state index contributed by atoms with van der Waals surface area (Å²) in [5.41, 5.74) is 3.33. The van der Waals surface area contributed by atoms with Crippen LogP contribution in [-0.2, 0) is 19.8 Å². The molecular formula is C22H30N4O4S2. The third kappa shape index (κ3) is 6.24. The van der Waals surface area contributed by atoms with Gasteiger partial charge in [0.15, 0.2) is 9.84 Å². The maximum absolute atomic E-state index is 12.9. The van der Waals surface area contributed by atoms with E-state index in [2.05, 4.69) is 14.7 Å². The highest BCUT2D eigenvalue weighted by Crippen LogP contribution is 2.34. The Morgan fingerprint density at radius 2 is 1.44 bits per heavy atom. The Morgan fingerprint density at radius 1 is 0.969 bits per heavy atom. The predicted molar refractivity (Wildman–Crippen MR) is 130 cm³/mol. The first-order valence-corrected chi connectivity index (χ1v) is 13.5. The third-order valence-electron chi connectivity index (χ3n) is 4.78. The summed E-state index contributed by atoms with van der Waals surface area (Å²) in [6.07, 6.45) is 2.82. The van der Waals surface area contributed by atoms with Gasteiger partial charge in [0, 0.05) is 25.2 Å². The molecule has 1 unspecified atom stereocenters. The van der Waals surface area contributed by atoms with Gasteiger partial charge in [-0.15, -0.1) is 4.36 Å². The fourth-order valence-corrected chi connectivity index (χ4v) is 4.73. The van der Waals surface area contributed by atoms with Crippen LogP contribution >= 0.6 is 0 Å².